The number of morpholine rings is 1. The summed E-state index contributed by atoms with van der Waals surface area (Å²) >= 11 is 0. The van der Waals surface area contributed by atoms with Gasteiger partial charge in [-0.05, 0) is 24.6 Å². The van der Waals surface area contributed by atoms with Gasteiger partial charge in [0, 0.05) is 19.6 Å². The van der Waals surface area contributed by atoms with Crippen LogP contribution >= 0.6 is 0 Å². The standard InChI is InChI=1S/C14H21N3O3/c1-10-8-17(5-6-20-10)9-11-3-4-12(14(15)16-18)13(7-11)19-2/h3-4,7,10,18H,5-6,8-9H2,1-2H3,(H2,15,16). The monoisotopic (exact) mass is 279 g/mol. The molecular weight excluding hydrogens is 258 g/mol. The zero-order chi connectivity index (χ0) is 14.5. The zero-order valence-electron chi connectivity index (χ0n) is 11.9. The van der Waals surface area contributed by atoms with Crippen LogP contribution in [0.4, 0.5) is 0 Å². The summed E-state index contributed by atoms with van der Waals surface area (Å²) in [5.74, 6) is 0.660. The number of ether oxygens (including phenoxy) is 2. The van der Waals surface area contributed by atoms with Gasteiger partial charge in [-0.1, -0.05) is 11.2 Å². The molecule has 20 heavy (non-hydrogen) atoms. The summed E-state index contributed by atoms with van der Waals surface area (Å²) < 4.78 is 10.8. The predicted octanol–water partition coefficient (Wildman–Crippen LogP) is 1.01. The average Bonchev–Trinajstić information content (AvgIpc) is 2.46. The lowest BCUT2D eigenvalue weighted by Crippen LogP contribution is -2.40. The van der Waals surface area contributed by atoms with Gasteiger partial charge in [-0.15, -0.1) is 0 Å². The van der Waals surface area contributed by atoms with E-state index in [0.29, 0.717) is 11.3 Å². The number of nitrogens with zero attached hydrogens (tertiary/aromatic N) is 2. The molecule has 1 unspecified atom stereocenters. The fraction of sp³-hybridized carbons (Fsp3) is 0.500. The van der Waals surface area contributed by atoms with Crippen LogP contribution < -0.4 is 10.5 Å². The Morgan fingerprint density at radius 1 is 1.60 bits per heavy atom. The molecule has 1 aromatic rings. The third-order valence-electron chi connectivity index (χ3n) is 3.38. The van der Waals surface area contributed by atoms with Crippen molar-refractivity contribution in [1.82, 2.24) is 4.90 Å². The zero-order valence-corrected chi connectivity index (χ0v) is 11.9. The summed E-state index contributed by atoms with van der Waals surface area (Å²) in [6.07, 6.45) is 0.266. The molecule has 3 N–H and O–H groups in total. The summed E-state index contributed by atoms with van der Waals surface area (Å²) in [6, 6.07) is 5.70. The first kappa shape index (κ1) is 14.6. The van der Waals surface area contributed by atoms with E-state index in [9.17, 15) is 0 Å². The smallest absolute Gasteiger partial charge is 0.173 e. The summed E-state index contributed by atoms with van der Waals surface area (Å²) in [5, 5.41) is 11.8. The molecule has 1 fully saturated rings. The van der Waals surface area contributed by atoms with Gasteiger partial charge in [-0.2, -0.15) is 0 Å². The summed E-state index contributed by atoms with van der Waals surface area (Å²) in [4.78, 5) is 2.34. The van der Waals surface area contributed by atoms with E-state index in [1.165, 1.54) is 0 Å². The lowest BCUT2D eigenvalue weighted by atomic mass is 10.1. The summed E-state index contributed by atoms with van der Waals surface area (Å²) in [5.41, 5.74) is 7.34. The molecule has 1 heterocycles. The van der Waals surface area contributed by atoms with Gasteiger partial charge in [0.1, 0.15) is 5.75 Å². The fourth-order valence-electron chi connectivity index (χ4n) is 2.39. The topological polar surface area (TPSA) is 80.3 Å². The van der Waals surface area contributed by atoms with E-state index in [-0.39, 0.29) is 11.9 Å². The molecular formula is C14H21N3O3. The Morgan fingerprint density at radius 3 is 3.05 bits per heavy atom. The average molecular weight is 279 g/mol. The highest BCUT2D eigenvalue weighted by molar-refractivity contribution is 5.99. The highest BCUT2D eigenvalue weighted by Crippen LogP contribution is 2.21. The maximum absolute atomic E-state index is 8.75. The molecule has 0 spiro atoms. The van der Waals surface area contributed by atoms with Crippen LogP contribution in [0.1, 0.15) is 18.1 Å². The van der Waals surface area contributed by atoms with Gasteiger partial charge in [0.25, 0.3) is 0 Å². The van der Waals surface area contributed by atoms with Gasteiger partial charge in [0.05, 0.1) is 25.4 Å². The molecule has 6 heteroatoms. The van der Waals surface area contributed by atoms with Crippen LogP contribution in [0.5, 0.6) is 5.75 Å². The molecule has 110 valence electrons. The fourth-order valence-corrected chi connectivity index (χ4v) is 2.39. The largest absolute Gasteiger partial charge is 0.496 e. The van der Waals surface area contributed by atoms with Crippen LogP contribution in [0, 0.1) is 0 Å². The van der Waals surface area contributed by atoms with E-state index in [1.54, 1.807) is 7.11 Å². The van der Waals surface area contributed by atoms with Crippen molar-refractivity contribution >= 4 is 5.84 Å². The van der Waals surface area contributed by atoms with Gasteiger partial charge >= 0.3 is 0 Å². The van der Waals surface area contributed by atoms with Gasteiger partial charge in [-0.3, -0.25) is 4.90 Å². The number of hydrogen-bond donors (Lipinski definition) is 2. The molecule has 2 rings (SSSR count). The summed E-state index contributed by atoms with van der Waals surface area (Å²) in [7, 11) is 1.57. The highest BCUT2D eigenvalue weighted by atomic mass is 16.5. The van der Waals surface area contributed by atoms with Crippen LogP contribution in [0.2, 0.25) is 0 Å². The Bertz CT molecular complexity index is 491. The molecule has 6 nitrogen and oxygen atoms in total. The second-order valence-corrected chi connectivity index (χ2v) is 4.94. The van der Waals surface area contributed by atoms with Crippen molar-refractivity contribution in [3.05, 3.63) is 29.3 Å². The molecule has 1 aliphatic rings. The Balaban J connectivity index is 2.13. The molecule has 1 atom stereocenters. The first-order chi connectivity index (χ1) is 9.63. The number of oxime groups is 1. The van der Waals surface area contributed by atoms with E-state index >= 15 is 0 Å². The van der Waals surface area contributed by atoms with Gasteiger partial charge in [0.2, 0.25) is 0 Å². The number of methoxy groups -OCH3 is 1. The van der Waals surface area contributed by atoms with Crippen molar-refractivity contribution < 1.29 is 14.7 Å². The minimum Gasteiger partial charge on any atom is -0.496 e. The van der Waals surface area contributed by atoms with E-state index in [0.717, 1.165) is 31.8 Å². The quantitative estimate of drug-likeness (QED) is 0.372. The molecule has 0 amide bonds. The number of benzene rings is 1. The Kier molecular flexibility index (Phi) is 4.81. The Hall–Kier alpha value is -1.79. The molecule has 1 aromatic carbocycles. The predicted molar refractivity (Wildman–Crippen MR) is 76.2 cm³/mol. The van der Waals surface area contributed by atoms with Crippen molar-refractivity contribution in [3.63, 3.8) is 0 Å². The molecule has 1 saturated heterocycles. The van der Waals surface area contributed by atoms with E-state index in [4.69, 9.17) is 20.4 Å². The Morgan fingerprint density at radius 2 is 2.40 bits per heavy atom. The highest BCUT2D eigenvalue weighted by Gasteiger charge is 2.17. The molecule has 1 aliphatic heterocycles. The molecule has 0 radical (unpaired) electrons. The van der Waals surface area contributed by atoms with E-state index in [2.05, 4.69) is 17.0 Å². The van der Waals surface area contributed by atoms with Crippen LogP contribution in [-0.2, 0) is 11.3 Å². The Labute approximate surface area is 118 Å². The molecule has 0 aliphatic carbocycles. The molecule has 0 aromatic heterocycles. The second-order valence-electron chi connectivity index (χ2n) is 4.94. The third kappa shape index (κ3) is 3.40. The number of amidine groups is 1. The van der Waals surface area contributed by atoms with E-state index < -0.39 is 0 Å². The lowest BCUT2D eigenvalue weighted by Gasteiger charge is -2.31. The maximum Gasteiger partial charge on any atom is 0.173 e. The van der Waals surface area contributed by atoms with Crippen molar-refractivity contribution in [2.45, 2.75) is 19.6 Å². The first-order valence-electron chi connectivity index (χ1n) is 6.62. The lowest BCUT2D eigenvalue weighted by molar-refractivity contribution is -0.0212. The second kappa shape index (κ2) is 6.58. The van der Waals surface area contributed by atoms with Crippen LogP contribution in [-0.4, -0.2) is 48.9 Å². The van der Waals surface area contributed by atoms with Crippen molar-refractivity contribution in [2.24, 2.45) is 10.9 Å². The summed E-state index contributed by atoms with van der Waals surface area (Å²) in [6.45, 7) is 5.52. The van der Waals surface area contributed by atoms with Crippen molar-refractivity contribution in [2.75, 3.05) is 26.8 Å². The normalized spacial score (nSPS) is 20.9. The van der Waals surface area contributed by atoms with Gasteiger partial charge in [-0.25, -0.2) is 0 Å². The van der Waals surface area contributed by atoms with Crippen LogP contribution in [0.15, 0.2) is 23.4 Å². The SMILES string of the molecule is COc1cc(CN2CCOC(C)C2)ccc1/C(N)=N/O. The van der Waals surface area contributed by atoms with Crippen LogP contribution in [0.3, 0.4) is 0 Å². The van der Waals surface area contributed by atoms with Crippen molar-refractivity contribution in [1.29, 1.82) is 0 Å². The van der Waals surface area contributed by atoms with Gasteiger partial charge in [0.15, 0.2) is 5.84 Å². The maximum atomic E-state index is 8.75. The number of rotatable bonds is 4. The molecule has 0 bridgehead atoms. The van der Waals surface area contributed by atoms with Crippen molar-refractivity contribution in [3.8, 4) is 5.75 Å². The molecule has 0 saturated carbocycles. The minimum atomic E-state index is 0.0494. The number of nitrogens with two attached hydrogens (primary N) is 1. The van der Waals surface area contributed by atoms with Gasteiger partial charge < -0.3 is 20.4 Å². The third-order valence-corrected chi connectivity index (χ3v) is 3.38. The first-order valence-corrected chi connectivity index (χ1v) is 6.62. The van der Waals surface area contributed by atoms with Crippen LogP contribution in [0.25, 0.3) is 0 Å². The minimum absolute atomic E-state index is 0.0494. The van der Waals surface area contributed by atoms with E-state index in [1.807, 2.05) is 18.2 Å². The number of hydrogen-bond acceptors (Lipinski definition) is 5.